The quantitative estimate of drug-likeness (QED) is 0.479. The Morgan fingerprint density at radius 1 is 1.06 bits per heavy atom. The summed E-state index contributed by atoms with van der Waals surface area (Å²) in [6.45, 7) is 1.90. The monoisotopic (exact) mass is 467 g/mol. The molecule has 7 heteroatoms. The molecule has 1 aliphatic carbocycles. The molecule has 2 unspecified atom stereocenters. The van der Waals surface area contributed by atoms with Crippen LogP contribution in [0.15, 0.2) is 66.5 Å². The number of halogens is 3. The normalized spacial score (nSPS) is 19.3. The van der Waals surface area contributed by atoms with Gasteiger partial charge in [-0.3, -0.25) is 4.79 Å². The summed E-state index contributed by atoms with van der Waals surface area (Å²) in [5, 5.41) is 5.15. The Kier molecular flexibility index (Phi) is 5.50. The van der Waals surface area contributed by atoms with Crippen molar-refractivity contribution in [2.24, 2.45) is 0 Å². The lowest BCUT2D eigenvalue weighted by Gasteiger charge is -2.21. The van der Waals surface area contributed by atoms with Crippen LogP contribution in [-0.2, 0) is 15.7 Å². The summed E-state index contributed by atoms with van der Waals surface area (Å²) in [5.41, 5.74) is 0.490. The molecule has 0 saturated heterocycles. The molecule has 0 radical (unpaired) electrons. The number of Topliss-reactive ketones (excluding diaryl/α,β-unsaturated/α-hetero) is 1. The van der Waals surface area contributed by atoms with E-state index in [9.17, 15) is 18.0 Å². The van der Waals surface area contributed by atoms with Crippen LogP contribution in [0.2, 0.25) is 0 Å². The van der Waals surface area contributed by atoms with Crippen molar-refractivity contribution < 1.29 is 27.4 Å². The average molecular weight is 467 g/mol. The molecule has 0 spiro atoms. The standard InChI is InChI=1S/C27H24F3NO3/c1-15(21-8-4-5-16-9-12-20(33-2)14-22(16)21)25-24(32)23(26(34-25)31-19-10-11-19)17-6-3-7-18(13-17)27(28,29)30/h3-9,12-15,19,25,31H,10-11H2,1-2H3. The van der Waals surface area contributed by atoms with Gasteiger partial charge in [0, 0.05) is 12.0 Å². The van der Waals surface area contributed by atoms with Crippen LogP contribution in [0.3, 0.4) is 0 Å². The molecule has 1 aliphatic heterocycles. The van der Waals surface area contributed by atoms with Gasteiger partial charge in [-0.2, -0.15) is 13.2 Å². The van der Waals surface area contributed by atoms with Crippen LogP contribution in [0, 0.1) is 0 Å². The summed E-state index contributed by atoms with van der Waals surface area (Å²) in [5.74, 6) is 0.295. The first kappa shape index (κ1) is 22.3. The molecule has 5 rings (SSSR count). The maximum atomic E-state index is 13.6. The zero-order valence-electron chi connectivity index (χ0n) is 18.8. The molecule has 1 N–H and O–H groups in total. The molecule has 1 saturated carbocycles. The number of carbonyl (C=O) groups excluding carboxylic acids is 1. The van der Waals surface area contributed by atoms with Crippen LogP contribution in [0.5, 0.6) is 5.75 Å². The number of hydrogen-bond acceptors (Lipinski definition) is 4. The number of ether oxygens (including phenoxy) is 2. The molecule has 0 bridgehead atoms. The van der Waals surface area contributed by atoms with Gasteiger partial charge in [-0.1, -0.05) is 43.3 Å². The van der Waals surface area contributed by atoms with Crippen molar-refractivity contribution in [1.82, 2.24) is 5.32 Å². The summed E-state index contributed by atoms with van der Waals surface area (Å²) in [6, 6.07) is 16.6. The fourth-order valence-electron chi connectivity index (χ4n) is 4.43. The molecular formula is C27H24F3NO3. The first-order valence-electron chi connectivity index (χ1n) is 11.2. The SMILES string of the molecule is COc1ccc2cccc(C(C)C3OC(NC4CC4)=C(c4cccc(C(F)(F)F)c4)C3=O)c2c1. The summed E-state index contributed by atoms with van der Waals surface area (Å²) in [7, 11) is 1.60. The minimum absolute atomic E-state index is 0.166. The highest BCUT2D eigenvalue weighted by Gasteiger charge is 2.42. The number of nitrogens with one attached hydrogen (secondary N) is 1. The maximum Gasteiger partial charge on any atom is 0.416 e. The van der Waals surface area contributed by atoms with Gasteiger partial charge < -0.3 is 14.8 Å². The van der Waals surface area contributed by atoms with Crippen LogP contribution in [0.1, 0.15) is 42.4 Å². The van der Waals surface area contributed by atoms with Gasteiger partial charge in [-0.05, 0) is 59.0 Å². The predicted molar refractivity (Wildman–Crippen MR) is 123 cm³/mol. The van der Waals surface area contributed by atoms with Gasteiger partial charge in [0.15, 0.2) is 12.0 Å². The van der Waals surface area contributed by atoms with E-state index in [2.05, 4.69) is 5.32 Å². The van der Waals surface area contributed by atoms with E-state index < -0.39 is 17.8 Å². The minimum Gasteiger partial charge on any atom is -0.497 e. The summed E-state index contributed by atoms with van der Waals surface area (Å²) >= 11 is 0. The number of ketones is 1. The number of hydrogen-bond donors (Lipinski definition) is 1. The zero-order valence-corrected chi connectivity index (χ0v) is 18.8. The molecule has 3 aromatic rings. The predicted octanol–water partition coefficient (Wildman–Crippen LogP) is 6.06. The molecule has 3 aromatic carbocycles. The highest BCUT2D eigenvalue weighted by Crippen LogP contribution is 2.40. The van der Waals surface area contributed by atoms with E-state index >= 15 is 0 Å². The molecule has 1 heterocycles. The first-order chi connectivity index (χ1) is 16.3. The van der Waals surface area contributed by atoms with Crippen molar-refractivity contribution in [1.29, 1.82) is 0 Å². The number of carbonyl (C=O) groups is 1. The van der Waals surface area contributed by atoms with Crippen molar-refractivity contribution >= 4 is 22.1 Å². The molecule has 176 valence electrons. The molecule has 2 atom stereocenters. The number of alkyl halides is 3. The van der Waals surface area contributed by atoms with Crippen molar-refractivity contribution in [3.05, 3.63) is 83.2 Å². The van der Waals surface area contributed by atoms with E-state index in [0.29, 0.717) is 5.75 Å². The van der Waals surface area contributed by atoms with Crippen LogP contribution in [0.4, 0.5) is 13.2 Å². The molecule has 2 aliphatic rings. The average Bonchev–Trinajstić information content (AvgIpc) is 3.58. The molecule has 34 heavy (non-hydrogen) atoms. The first-order valence-corrected chi connectivity index (χ1v) is 11.2. The number of fused-ring (bicyclic) bond motifs is 1. The zero-order chi connectivity index (χ0) is 24.0. The van der Waals surface area contributed by atoms with Gasteiger partial charge in [0.2, 0.25) is 5.78 Å². The van der Waals surface area contributed by atoms with Crippen LogP contribution in [0.25, 0.3) is 16.3 Å². The van der Waals surface area contributed by atoms with E-state index in [1.165, 1.54) is 12.1 Å². The Hall–Kier alpha value is -3.48. The Morgan fingerprint density at radius 3 is 2.53 bits per heavy atom. The van der Waals surface area contributed by atoms with Crippen molar-refractivity contribution in [2.75, 3.05) is 7.11 Å². The Labute approximate surface area is 195 Å². The van der Waals surface area contributed by atoms with E-state index in [-0.39, 0.29) is 34.8 Å². The van der Waals surface area contributed by atoms with Crippen LogP contribution < -0.4 is 10.1 Å². The topological polar surface area (TPSA) is 47.6 Å². The van der Waals surface area contributed by atoms with Gasteiger partial charge in [0.25, 0.3) is 0 Å². The van der Waals surface area contributed by atoms with E-state index in [4.69, 9.17) is 9.47 Å². The Bertz CT molecular complexity index is 1290. The third kappa shape index (κ3) is 4.11. The largest absolute Gasteiger partial charge is 0.497 e. The van der Waals surface area contributed by atoms with Gasteiger partial charge in [0.1, 0.15) is 5.75 Å². The lowest BCUT2D eigenvalue weighted by Crippen LogP contribution is -2.26. The molecular weight excluding hydrogens is 443 g/mol. The minimum atomic E-state index is -4.50. The summed E-state index contributed by atoms with van der Waals surface area (Å²) in [6.07, 6.45) is -3.50. The highest BCUT2D eigenvalue weighted by molar-refractivity contribution is 6.25. The van der Waals surface area contributed by atoms with E-state index in [1.54, 1.807) is 7.11 Å². The number of benzene rings is 3. The fraction of sp³-hybridized carbons (Fsp3) is 0.296. The lowest BCUT2D eigenvalue weighted by atomic mass is 9.87. The molecule has 0 aromatic heterocycles. The maximum absolute atomic E-state index is 13.6. The van der Waals surface area contributed by atoms with Gasteiger partial charge in [-0.25, -0.2) is 0 Å². The van der Waals surface area contributed by atoms with Gasteiger partial charge in [-0.15, -0.1) is 0 Å². The molecule has 4 nitrogen and oxygen atoms in total. The van der Waals surface area contributed by atoms with Crippen LogP contribution >= 0.6 is 0 Å². The summed E-state index contributed by atoms with van der Waals surface area (Å²) in [4.78, 5) is 13.6. The smallest absolute Gasteiger partial charge is 0.416 e. The summed E-state index contributed by atoms with van der Waals surface area (Å²) < 4.78 is 51.6. The second kappa shape index (κ2) is 8.38. The van der Waals surface area contributed by atoms with E-state index in [0.717, 1.165) is 41.3 Å². The third-order valence-electron chi connectivity index (χ3n) is 6.44. The van der Waals surface area contributed by atoms with Crippen molar-refractivity contribution in [3.63, 3.8) is 0 Å². The second-order valence-corrected chi connectivity index (χ2v) is 8.83. The van der Waals surface area contributed by atoms with Gasteiger partial charge in [0.05, 0.1) is 18.2 Å². The van der Waals surface area contributed by atoms with E-state index in [1.807, 2.05) is 43.3 Å². The lowest BCUT2D eigenvalue weighted by molar-refractivity contribution is -0.137. The number of methoxy groups -OCH3 is 1. The highest BCUT2D eigenvalue weighted by atomic mass is 19.4. The number of rotatable bonds is 6. The van der Waals surface area contributed by atoms with Crippen molar-refractivity contribution in [3.8, 4) is 5.75 Å². The van der Waals surface area contributed by atoms with Crippen molar-refractivity contribution in [2.45, 2.75) is 44.0 Å². The Balaban J connectivity index is 1.53. The second-order valence-electron chi connectivity index (χ2n) is 8.83. The molecule has 0 amide bonds. The fourth-order valence-corrected chi connectivity index (χ4v) is 4.43. The van der Waals surface area contributed by atoms with Crippen LogP contribution in [-0.4, -0.2) is 25.0 Å². The van der Waals surface area contributed by atoms with Gasteiger partial charge >= 0.3 is 6.18 Å². The third-order valence-corrected chi connectivity index (χ3v) is 6.44. The Morgan fingerprint density at radius 2 is 1.82 bits per heavy atom. The molecule has 1 fully saturated rings.